The van der Waals surface area contributed by atoms with Gasteiger partial charge in [-0.1, -0.05) is 42.0 Å². The molecule has 3 nitrogen and oxygen atoms in total. The second-order valence-electron chi connectivity index (χ2n) is 5.09. The average Bonchev–Trinajstić information content (AvgIpc) is 2.47. The van der Waals surface area contributed by atoms with Crippen LogP contribution in [0.4, 0.5) is 5.69 Å². The highest BCUT2D eigenvalue weighted by Crippen LogP contribution is 2.24. The minimum Gasteiger partial charge on any atom is -0.496 e. The standard InChI is InChI=1S/C17H20N2OS/c1-12-7-8-16(20-3)14(9-12)11-19(2)15-6-4-5-13(10-15)17(18)21/h4-10H,11H2,1-3H3,(H2,18,21). The topological polar surface area (TPSA) is 38.5 Å². The molecule has 2 aromatic rings. The van der Waals surface area contributed by atoms with Gasteiger partial charge in [-0.3, -0.25) is 0 Å². The number of hydrogen-bond acceptors (Lipinski definition) is 3. The normalized spacial score (nSPS) is 10.2. The molecule has 0 aliphatic rings. The largest absolute Gasteiger partial charge is 0.496 e. The fourth-order valence-corrected chi connectivity index (χ4v) is 2.40. The Kier molecular flexibility index (Phi) is 4.81. The molecular formula is C17H20N2OS. The van der Waals surface area contributed by atoms with Crippen LogP contribution in [-0.4, -0.2) is 19.1 Å². The van der Waals surface area contributed by atoms with E-state index in [1.54, 1.807) is 7.11 Å². The number of aryl methyl sites for hydroxylation is 1. The summed E-state index contributed by atoms with van der Waals surface area (Å²) in [6.07, 6.45) is 0. The van der Waals surface area contributed by atoms with E-state index in [0.717, 1.165) is 29.1 Å². The minimum absolute atomic E-state index is 0.415. The Labute approximate surface area is 131 Å². The van der Waals surface area contributed by atoms with Gasteiger partial charge in [0.25, 0.3) is 0 Å². The van der Waals surface area contributed by atoms with Crippen LogP contribution in [0, 0.1) is 6.92 Å². The number of ether oxygens (including phenoxy) is 1. The third kappa shape index (κ3) is 3.73. The second kappa shape index (κ2) is 6.59. The van der Waals surface area contributed by atoms with E-state index in [2.05, 4.69) is 24.0 Å². The van der Waals surface area contributed by atoms with Gasteiger partial charge >= 0.3 is 0 Å². The van der Waals surface area contributed by atoms with Gasteiger partial charge in [0, 0.05) is 30.4 Å². The number of rotatable bonds is 5. The summed E-state index contributed by atoms with van der Waals surface area (Å²) in [6.45, 7) is 2.84. The maximum atomic E-state index is 5.69. The van der Waals surface area contributed by atoms with Gasteiger partial charge in [-0.15, -0.1) is 0 Å². The summed E-state index contributed by atoms with van der Waals surface area (Å²) < 4.78 is 5.43. The summed E-state index contributed by atoms with van der Waals surface area (Å²) in [4.78, 5) is 2.57. The van der Waals surface area contributed by atoms with Crippen LogP contribution in [0.5, 0.6) is 5.75 Å². The predicted octanol–water partition coefficient (Wildman–Crippen LogP) is 3.27. The fourth-order valence-electron chi connectivity index (χ4n) is 2.27. The molecular weight excluding hydrogens is 280 g/mol. The van der Waals surface area contributed by atoms with Crippen molar-refractivity contribution in [2.75, 3.05) is 19.1 Å². The molecule has 21 heavy (non-hydrogen) atoms. The summed E-state index contributed by atoms with van der Waals surface area (Å²) in [5, 5.41) is 0. The van der Waals surface area contributed by atoms with E-state index in [9.17, 15) is 0 Å². The Morgan fingerprint density at radius 2 is 2.00 bits per heavy atom. The Bertz CT molecular complexity index is 655. The van der Waals surface area contributed by atoms with Crippen molar-refractivity contribution in [1.82, 2.24) is 0 Å². The molecule has 0 amide bonds. The molecule has 0 aliphatic heterocycles. The molecule has 0 heterocycles. The molecule has 0 radical (unpaired) electrons. The van der Waals surface area contributed by atoms with Crippen molar-refractivity contribution in [2.24, 2.45) is 5.73 Å². The minimum atomic E-state index is 0.415. The number of nitrogens with two attached hydrogens (primary N) is 1. The van der Waals surface area contributed by atoms with Gasteiger partial charge in [0.2, 0.25) is 0 Å². The van der Waals surface area contributed by atoms with Crippen LogP contribution in [0.3, 0.4) is 0 Å². The number of methoxy groups -OCH3 is 1. The van der Waals surface area contributed by atoms with Crippen molar-refractivity contribution in [1.29, 1.82) is 0 Å². The molecule has 0 saturated heterocycles. The lowest BCUT2D eigenvalue weighted by Gasteiger charge is -2.21. The van der Waals surface area contributed by atoms with E-state index >= 15 is 0 Å². The summed E-state index contributed by atoms with van der Waals surface area (Å²) in [6, 6.07) is 14.1. The molecule has 4 heteroatoms. The highest BCUT2D eigenvalue weighted by atomic mass is 32.1. The van der Waals surface area contributed by atoms with E-state index in [1.165, 1.54) is 5.56 Å². The highest BCUT2D eigenvalue weighted by molar-refractivity contribution is 7.80. The number of anilines is 1. The first-order valence-corrected chi connectivity index (χ1v) is 7.16. The maximum absolute atomic E-state index is 5.69. The lowest BCUT2D eigenvalue weighted by molar-refractivity contribution is 0.409. The van der Waals surface area contributed by atoms with Crippen LogP contribution in [-0.2, 0) is 6.54 Å². The predicted molar refractivity (Wildman–Crippen MR) is 92.2 cm³/mol. The average molecular weight is 300 g/mol. The van der Waals surface area contributed by atoms with Crippen molar-refractivity contribution in [3.63, 3.8) is 0 Å². The van der Waals surface area contributed by atoms with E-state index in [4.69, 9.17) is 22.7 Å². The SMILES string of the molecule is COc1ccc(C)cc1CN(C)c1cccc(C(N)=S)c1. The van der Waals surface area contributed by atoms with E-state index in [0.29, 0.717) is 4.99 Å². The van der Waals surface area contributed by atoms with Crippen LogP contribution < -0.4 is 15.4 Å². The first-order valence-electron chi connectivity index (χ1n) is 6.76. The van der Waals surface area contributed by atoms with Crippen LogP contribution in [0.1, 0.15) is 16.7 Å². The van der Waals surface area contributed by atoms with E-state index < -0.39 is 0 Å². The van der Waals surface area contributed by atoms with Crippen LogP contribution in [0.15, 0.2) is 42.5 Å². The molecule has 0 aliphatic carbocycles. The molecule has 0 spiro atoms. The Hall–Kier alpha value is -2.07. The fraction of sp³-hybridized carbons (Fsp3) is 0.235. The van der Waals surface area contributed by atoms with Gasteiger partial charge in [0.05, 0.1) is 7.11 Å². The molecule has 0 aromatic heterocycles. The Balaban J connectivity index is 2.25. The molecule has 0 saturated carbocycles. The first-order chi connectivity index (χ1) is 10.0. The molecule has 0 bridgehead atoms. The van der Waals surface area contributed by atoms with Crippen LogP contribution in [0.2, 0.25) is 0 Å². The summed E-state index contributed by atoms with van der Waals surface area (Å²) >= 11 is 5.03. The third-order valence-corrected chi connectivity index (χ3v) is 3.65. The molecule has 0 atom stereocenters. The highest BCUT2D eigenvalue weighted by Gasteiger charge is 2.08. The third-order valence-electron chi connectivity index (χ3n) is 3.41. The maximum Gasteiger partial charge on any atom is 0.123 e. The summed E-state index contributed by atoms with van der Waals surface area (Å²) in [5.41, 5.74) is 10.0. The molecule has 2 N–H and O–H groups in total. The van der Waals surface area contributed by atoms with Crippen LogP contribution >= 0.6 is 12.2 Å². The number of hydrogen-bond donors (Lipinski definition) is 1. The second-order valence-corrected chi connectivity index (χ2v) is 5.53. The lowest BCUT2D eigenvalue weighted by Crippen LogP contribution is -2.18. The van der Waals surface area contributed by atoms with Crippen molar-refractivity contribution < 1.29 is 4.74 Å². The van der Waals surface area contributed by atoms with Gasteiger partial charge in [-0.2, -0.15) is 0 Å². The number of nitrogens with zero attached hydrogens (tertiary/aromatic N) is 1. The van der Waals surface area contributed by atoms with Crippen molar-refractivity contribution >= 4 is 22.9 Å². The monoisotopic (exact) mass is 300 g/mol. The van der Waals surface area contributed by atoms with Crippen LogP contribution in [0.25, 0.3) is 0 Å². The Morgan fingerprint density at radius 3 is 2.67 bits per heavy atom. The van der Waals surface area contributed by atoms with Gasteiger partial charge in [0.1, 0.15) is 10.7 Å². The number of thiocarbonyl (C=S) groups is 1. The van der Waals surface area contributed by atoms with Gasteiger partial charge < -0.3 is 15.4 Å². The van der Waals surface area contributed by atoms with Crippen molar-refractivity contribution in [2.45, 2.75) is 13.5 Å². The molecule has 2 rings (SSSR count). The molecule has 110 valence electrons. The zero-order chi connectivity index (χ0) is 15.4. The number of benzene rings is 2. The summed E-state index contributed by atoms with van der Waals surface area (Å²) in [5.74, 6) is 0.901. The summed E-state index contributed by atoms with van der Waals surface area (Å²) in [7, 11) is 3.74. The Morgan fingerprint density at radius 1 is 1.24 bits per heavy atom. The van der Waals surface area contributed by atoms with Gasteiger partial charge in [-0.25, -0.2) is 0 Å². The van der Waals surface area contributed by atoms with Gasteiger partial charge in [-0.05, 0) is 25.1 Å². The van der Waals surface area contributed by atoms with E-state index in [-0.39, 0.29) is 0 Å². The smallest absolute Gasteiger partial charge is 0.123 e. The molecule has 2 aromatic carbocycles. The van der Waals surface area contributed by atoms with Gasteiger partial charge in [0.15, 0.2) is 0 Å². The zero-order valence-corrected chi connectivity index (χ0v) is 13.4. The molecule has 0 fully saturated rings. The quantitative estimate of drug-likeness (QED) is 0.860. The lowest BCUT2D eigenvalue weighted by atomic mass is 10.1. The molecule has 0 unspecified atom stereocenters. The van der Waals surface area contributed by atoms with Crippen molar-refractivity contribution in [3.05, 3.63) is 59.2 Å². The van der Waals surface area contributed by atoms with E-state index in [1.807, 2.05) is 37.4 Å². The first kappa shape index (κ1) is 15.3. The zero-order valence-electron chi connectivity index (χ0n) is 12.6. The van der Waals surface area contributed by atoms with Crippen molar-refractivity contribution in [3.8, 4) is 5.75 Å².